The Hall–Kier alpha value is -0.910. The second-order valence-corrected chi connectivity index (χ2v) is 4.28. The lowest BCUT2D eigenvalue weighted by atomic mass is 10.2. The molecule has 0 fully saturated rings. The van der Waals surface area contributed by atoms with Crippen LogP contribution in [-0.4, -0.2) is 40.5 Å². The SMILES string of the molecule is COCCN(CCOC)c1c(F)cc(CCl)cc1F. The standard InChI is InChI=1S/C13H18ClF2NO2/c1-18-5-3-17(4-6-19-2)13-11(15)7-10(9-14)8-12(13)16/h7-8H,3-6,9H2,1-2H3. The smallest absolute Gasteiger partial charge is 0.149 e. The van der Waals surface area contributed by atoms with E-state index in [0.717, 1.165) is 0 Å². The van der Waals surface area contributed by atoms with Gasteiger partial charge in [0.2, 0.25) is 0 Å². The van der Waals surface area contributed by atoms with Crippen LogP contribution >= 0.6 is 11.6 Å². The molecule has 0 N–H and O–H groups in total. The van der Waals surface area contributed by atoms with Crippen molar-refractivity contribution in [2.24, 2.45) is 0 Å². The van der Waals surface area contributed by atoms with E-state index in [1.165, 1.54) is 26.4 Å². The van der Waals surface area contributed by atoms with E-state index in [-0.39, 0.29) is 11.6 Å². The van der Waals surface area contributed by atoms with E-state index >= 15 is 0 Å². The molecule has 0 aliphatic carbocycles. The van der Waals surface area contributed by atoms with Gasteiger partial charge in [-0.1, -0.05) is 0 Å². The number of benzene rings is 1. The molecule has 0 heterocycles. The van der Waals surface area contributed by atoms with Crippen LogP contribution in [0, 0.1) is 11.6 Å². The largest absolute Gasteiger partial charge is 0.383 e. The Morgan fingerprint density at radius 2 is 1.53 bits per heavy atom. The average Bonchev–Trinajstić information content (AvgIpc) is 2.40. The van der Waals surface area contributed by atoms with E-state index in [9.17, 15) is 8.78 Å². The molecule has 0 spiro atoms. The number of alkyl halides is 1. The molecular weight excluding hydrogens is 276 g/mol. The van der Waals surface area contributed by atoms with Crippen molar-refractivity contribution in [2.75, 3.05) is 45.4 Å². The number of halogens is 3. The van der Waals surface area contributed by atoms with E-state index in [4.69, 9.17) is 21.1 Å². The molecule has 108 valence electrons. The Balaban J connectivity index is 2.99. The molecule has 0 bridgehead atoms. The molecule has 6 heteroatoms. The summed E-state index contributed by atoms with van der Waals surface area (Å²) >= 11 is 5.58. The molecule has 0 aromatic heterocycles. The highest BCUT2D eigenvalue weighted by Gasteiger charge is 2.17. The maximum Gasteiger partial charge on any atom is 0.149 e. The van der Waals surface area contributed by atoms with Gasteiger partial charge < -0.3 is 14.4 Å². The minimum absolute atomic E-state index is 0.0667. The van der Waals surface area contributed by atoms with Crippen LogP contribution in [0.2, 0.25) is 0 Å². The molecule has 0 saturated carbocycles. The Bertz CT molecular complexity index is 373. The number of anilines is 1. The predicted octanol–water partition coefficient (Wildman–Crippen LogP) is 2.80. The van der Waals surface area contributed by atoms with Crippen molar-refractivity contribution in [1.82, 2.24) is 0 Å². The highest BCUT2D eigenvalue weighted by Crippen LogP contribution is 2.25. The van der Waals surface area contributed by atoms with Crippen molar-refractivity contribution < 1.29 is 18.3 Å². The van der Waals surface area contributed by atoms with Gasteiger partial charge in [0.05, 0.1) is 13.2 Å². The monoisotopic (exact) mass is 293 g/mol. The third-order valence-electron chi connectivity index (χ3n) is 2.68. The molecule has 1 aromatic rings. The number of rotatable bonds is 8. The molecule has 3 nitrogen and oxygen atoms in total. The fourth-order valence-corrected chi connectivity index (χ4v) is 1.89. The van der Waals surface area contributed by atoms with Crippen LogP contribution in [0.4, 0.5) is 14.5 Å². The molecule has 1 aromatic carbocycles. The van der Waals surface area contributed by atoms with Crippen LogP contribution < -0.4 is 4.90 Å². The maximum absolute atomic E-state index is 14.0. The van der Waals surface area contributed by atoms with Gasteiger partial charge in [0.25, 0.3) is 0 Å². The van der Waals surface area contributed by atoms with Gasteiger partial charge in [-0.2, -0.15) is 0 Å². The summed E-state index contributed by atoms with van der Waals surface area (Å²) in [4.78, 5) is 1.57. The molecule has 0 saturated heterocycles. The molecule has 0 radical (unpaired) electrons. The maximum atomic E-state index is 14.0. The Kier molecular flexibility index (Phi) is 7.05. The fraction of sp³-hybridized carbons (Fsp3) is 0.538. The van der Waals surface area contributed by atoms with Crippen molar-refractivity contribution in [1.29, 1.82) is 0 Å². The minimum Gasteiger partial charge on any atom is -0.383 e. The summed E-state index contributed by atoms with van der Waals surface area (Å²) in [5.41, 5.74) is 0.349. The van der Waals surface area contributed by atoms with Crippen molar-refractivity contribution >= 4 is 17.3 Å². The second kappa shape index (κ2) is 8.30. The summed E-state index contributed by atoms with van der Waals surface area (Å²) in [6, 6.07) is 2.50. The molecule has 0 unspecified atom stereocenters. The minimum atomic E-state index is -0.622. The zero-order valence-corrected chi connectivity index (χ0v) is 11.8. The van der Waals surface area contributed by atoms with E-state index < -0.39 is 11.6 Å². The van der Waals surface area contributed by atoms with Crippen molar-refractivity contribution in [3.05, 3.63) is 29.3 Å². The first-order valence-electron chi connectivity index (χ1n) is 5.90. The Morgan fingerprint density at radius 3 is 1.89 bits per heavy atom. The van der Waals surface area contributed by atoms with Crippen LogP contribution in [0.25, 0.3) is 0 Å². The van der Waals surface area contributed by atoms with Gasteiger partial charge in [-0.3, -0.25) is 0 Å². The van der Waals surface area contributed by atoms with Crippen LogP contribution in [-0.2, 0) is 15.4 Å². The number of hydrogen-bond donors (Lipinski definition) is 0. The van der Waals surface area contributed by atoms with Gasteiger partial charge in [0.15, 0.2) is 0 Å². The third kappa shape index (κ3) is 4.60. The number of hydrogen-bond acceptors (Lipinski definition) is 3. The lowest BCUT2D eigenvalue weighted by Crippen LogP contribution is -2.32. The predicted molar refractivity (Wildman–Crippen MR) is 71.9 cm³/mol. The molecule has 0 amide bonds. The highest BCUT2D eigenvalue weighted by atomic mass is 35.5. The summed E-state index contributed by atoms with van der Waals surface area (Å²) in [5, 5.41) is 0. The van der Waals surface area contributed by atoms with E-state index in [0.29, 0.717) is 31.9 Å². The summed E-state index contributed by atoms with van der Waals surface area (Å²) in [6.45, 7) is 1.52. The van der Waals surface area contributed by atoms with E-state index in [1.807, 2.05) is 0 Å². The zero-order chi connectivity index (χ0) is 14.3. The van der Waals surface area contributed by atoms with Gasteiger partial charge in [-0.25, -0.2) is 8.78 Å². The topological polar surface area (TPSA) is 21.7 Å². The van der Waals surface area contributed by atoms with Crippen molar-refractivity contribution in [2.45, 2.75) is 5.88 Å². The highest BCUT2D eigenvalue weighted by molar-refractivity contribution is 6.17. The van der Waals surface area contributed by atoms with Gasteiger partial charge in [0, 0.05) is 33.2 Å². The summed E-state index contributed by atoms with van der Waals surface area (Å²) in [5.74, 6) is -1.17. The molecule has 1 rings (SSSR count). The van der Waals surface area contributed by atoms with Crippen molar-refractivity contribution in [3.63, 3.8) is 0 Å². The first kappa shape index (κ1) is 16.1. The normalized spacial score (nSPS) is 10.8. The van der Waals surface area contributed by atoms with Crippen LogP contribution in [0.15, 0.2) is 12.1 Å². The molecular formula is C13H18ClF2NO2. The van der Waals surface area contributed by atoms with Gasteiger partial charge in [-0.15, -0.1) is 11.6 Å². The molecule has 0 aliphatic rings. The van der Waals surface area contributed by atoms with Gasteiger partial charge in [0.1, 0.15) is 17.3 Å². The van der Waals surface area contributed by atoms with Crippen molar-refractivity contribution in [3.8, 4) is 0 Å². The van der Waals surface area contributed by atoms with Crippen LogP contribution in [0.3, 0.4) is 0 Å². The molecule has 19 heavy (non-hydrogen) atoms. The van der Waals surface area contributed by atoms with Crippen LogP contribution in [0.5, 0.6) is 0 Å². The van der Waals surface area contributed by atoms with E-state index in [2.05, 4.69) is 0 Å². The fourth-order valence-electron chi connectivity index (χ4n) is 1.74. The summed E-state index contributed by atoms with van der Waals surface area (Å²) in [6.07, 6.45) is 0. The molecule has 0 aliphatic heterocycles. The lowest BCUT2D eigenvalue weighted by Gasteiger charge is -2.25. The Labute approximate surface area is 117 Å². The first-order valence-corrected chi connectivity index (χ1v) is 6.44. The second-order valence-electron chi connectivity index (χ2n) is 4.01. The quantitative estimate of drug-likeness (QED) is 0.688. The van der Waals surface area contributed by atoms with Gasteiger partial charge >= 0.3 is 0 Å². The summed E-state index contributed by atoms with van der Waals surface area (Å²) in [7, 11) is 3.08. The Morgan fingerprint density at radius 1 is 1.05 bits per heavy atom. The molecule has 0 atom stereocenters. The third-order valence-corrected chi connectivity index (χ3v) is 2.99. The number of ether oxygens (including phenoxy) is 2. The average molecular weight is 294 g/mol. The van der Waals surface area contributed by atoms with E-state index in [1.54, 1.807) is 4.90 Å². The lowest BCUT2D eigenvalue weighted by molar-refractivity contribution is 0.189. The number of nitrogens with zero attached hydrogens (tertiary/aromatic N) is 1. The number of methoxy groups -OCH3 is 2. The summed E-state index contributed by atoms with van der Waals surface area (Å²) < 4.78 is 37.9. The zero-order valence-electron chi connectivity index (χ0n) is 11.1. The van der Waals surface area contributed by atoms with Crippen LogP contribution in [0.1, 0.15) is 5.56 Å². The first-order chi connectivity index (χ1) is 9.13. The van der Waals surface area contributed by atoms with Gasteiger partial charge in [-0.05, 0) is 17.7 Å².